The molecule has 40 heavy (non-hydrogen) atoms. The Kier molecular flexibility index (Phi) is 8.40. The highest BCUT2D eigenvalue weighted by atomic mass is 32.2. The highest BCUT2D eigenvalue weighted by Gasteiger charge is 2.34. The molecule has 0 atom stereocenters. The summed E-state index contributed by atoms with van der Waals surface area (Å²) in [5.74, 6) is -3.32. The van der Waals surface area contributed by atoms with E-state index >= 15 is 4.39 Å². The third kappa shape index (κ3) is 6.30. The summed E-state index contributed by atoms with van der Waals surface area (Å²) in [7, 11) is -3.76. The van der Waals surface area contributed by atoms with E-state index in [1.807, 2.05) is 0 Å². The van der Waals surface area contributed by atoms with Gasteiger partial charge in [0.1, 0.15) is 15.8 Å². The van der Waals surface area contributed by atoms with E-state index in [4.69, 9.17) is 4.74 Å². The number of anilines is 2. The highest BCUT2D eigenvalue weighted by molar-refractivity contribution is 7.94. The molecular weight excluding hydrogens is 557 g/mol. The number of fused-ring (bicyclic) bond motifs is 1. The predicted octanol–water partition coefficient (Wildman–Crippen LogP) is 2.95. The Morgan fingerprint density at radius 1 is 1.07 bits per heavy atom. The number of halogens is 1. The lowest BCUT2D eigenvalue weighted by molar-refractivity contribution is -0.118. The van der Waals surface area contributed by atoms with Crippen LogP contribution >= 0.6 is 11.3 Å². The van der Waals surface area contributed by atoms with Crippen molar-refractivity contribution >= 4 is 50.1 Å². The lowest BCUT2D eigenvalue weighted by atomic mass is 9.96. The van der Waals surface area contributed by atoms with E-state index in [2.05, 4.69) is 10.2 Å². The van der Waals surface area contributed by atoms with Gasteiger partial charge in [0.2, 0.25) is 5.91 Å². The third-order valence-electron chi connectivity index (χ3n) is 6.80. The summed E-state index contributed by atoms with van der Waals surface area (Å²) in [5.41, 5.74) is 1.71. The van der Waals surface area contributed by atoms with Gasteiger partial charge in [-0.25, -0.2) is 17.7 Å². The molecule has 2 aliphatic heterocycles. The molecule has 210 valence electrons. The molecule has 0 spiro atoms. The number of nitrogens with zero attached hydrogens (tertiary/aromatic N) is 2. The molecule has 0 radical (unpaired) electrons. The van der Waals surface area contributed by atoms with Crippen LogP contribution in [0.25, 0.3) is 0 Å². The number of ether oxygens (including phenoxy) is 1. The minimum Gasteiger partial charge on any atom is -0.384 e. The number of thiophene rings is 1. The summed E-state index contributed by atoms with van der Waals surface area (Å²) in [6, 6.07) is 11.9. The second-order valence-corrected chi connectivity index (χ2v) is 12.8. The Bertz CT molecular complexity index is 1540. The van der Waals surface area contributed by atoms with Crippen LogP contribution in [-0.2, 0) is 37.0 Å². The Labute approximate surface area is 235 Å². The standard InChI is InChI=1S/C28H28FN3O6S2/c29-24-15-19(14-22(33)18-40(36,37)27-2-1-13-39-27)3-6-25(24)32-26(34)17-20-16-21(4-5-23(20)28(32)35)30-7-8-31-9-11-38-12-10-31/h1-6,13,15-16,30H,7-12,14,17-18H2. The van der Waals surface area contributed by atoms with Crippen LogP contribution in [0.3, 0.4) is 0 Å². The number of nitrogens with one attached hydrogen (secondary N) is 1. The largest absolute Gasteiger partial charge is 0.384 e. The minimum absolute atomic E-state index is 0.0691. The van der Waals surface area contributed by atoms with Crippen molar-refractivity contribution < 1.29 is 31.9 Å². The molecule has 1 saturated heterocycles. The van der Waals surface area contributed by atoms with Crippen molar-refractivity contribution in [3.8, 4) is 0 Å². The van der Waals surface area contributed by atoms with Gasteiger partial charge in [0.05, 0.1) is 25.3 Å². The maximum Gasteiger partial charge on any atom is 0.265 e. The SMILES string of the molecule is O=C(Cc1ccc(N2C(=O)Cc3cc(NCCN4CCOCC4)ccc3C2=O)c(F)c1)CS(=O)(=O)c1cccs1. The fourth-order valence-corrected chi connectivity index (χ4v) is 7.14. The van der Waals surface area contributed by atoms with Gasteiger partial charge in [-0.1, -0.05) is 12.1 Å². The first-order chi connectivity index (χ1) is 19.2. The number of carbonyl (C=O) groups excluding carboxylic acids is 3. The van der Waals surface area contributed by atoms with Gasteiger partial charge in [-0.15, -0.1) is 11.3 Å². The van der Waals surface area contributed by atoms with Crippen LogP contribution in [-0.4, -0.2) is 76.1 Å². The first-order valence-corrected chi connectivity index (χ1v) is 15.3. The zero-order valence-electron chi connectivity index (χ0n) is 21.6. The van der Waals surface area contributed by atoms with Crippen LogP contribution in [0, 0.1) is 5.82 Å². The highest BCUT2D eigenvalue weighted by Crippen LogP contribution is 2.30. The number of rotatable bonds is 10. The van der Waals surface area contributed by atoms with Crippen LogP contribution in [0.4, 0.5) is 15.8 Å². The van der Waals surface area contributed by atoms with Crippen molar-refractivity contribution in [2.75, 3.05) is 55.4 Å². The van der Waals surface area contributed by atoms with Gasteiger partial charge < -0.3 is 10.1 Å². The van der Waals surface area contributed by atoms with Crippen LogP contribution < -0.4 is 10.2 Å². The van der Waals surface area contributed by atoms with Gasteiger partial charge in [0.15, 0.2) is 15.6 Å². The molecule has 5 rings (SSSR count). The lowest BCUT2D eigenvalue weighted by Crippen LogP contribution is -2.43. The first kappa shape index (κ1) is 28.1. The number of carbonyl (C=O) groups is 3. The Morgan fingerprint density at radius 3 is 2.60 bits per heavy atom. The van der Waals surface area contributed by atoms with Crippen molar-refractivity contribution in [1.29, 1.82) is 0 Å². The van der Waals surface area contributed by atoms with E-state index < -0.39 is 39.0 Å². The van der Waals surface area contributed by atoms with Crippen molar-refractivity contribution in [2.24, 2.45) is 0 Å². The van der Waals surface area contributed by atoms with Crippen LogP contribution in [0.2, 0.25) is 0 Å². The topological polar surface area (TPSA) is 113 Å². The van der Waals surface area contributed by atoms with E-state index in [0.29, 0.717) is 17.7 Å². The molecule has 3 aromatic rings. The van der Waals surface area contributed by atoms with Crippen molar-refractivity contribution in [2.45, 2.75) is 17.1 Å². The molecule has 0 bridgehead atoms. The molecule has 2 aromatic carbocycles. The van der Waals surface area contributed by atoms with Crippen molar-refractivity contribution in [3.63, 3.8) is 0 Å². The molecule has 0 unspecified atom stereocenters. The number of imide groups is 1. The number of hydrogen-bond donors (Lipinski definition) is 1. The second-order valence-electron chi connectivity index (χ2n) is 9.66. The van der Waals surface area contributed by atoms with E-state index in [9.17, 15) is 22.8 Å². The average Bonchev–Trinajstić information content (AvgIpc) is 3.46. The average molecular weight is 586 g/mol. The third-order valence-corrected chi connectivity index (χ3v) is 9.96. The lowest BCUT2D eigenvalue weighted by Gasteiger charge is -2.28. The fourth-order valence-electron chi connectivity index (χ4n) is 4.81. The number of ketones is 1. The van der Waals surface area contributed by atoms with Gasteiger partial charge >= 0.3 is 0 Å². The molecule has 1 fully saturated rings. The molecule has 3 heterocycles. The monoisotopic (exact) mass is 585 g/mol. The van der Waals surface area contributed by atoms with Gasteiger partial charge in [-0.05, 0) is 52.9 Å². The first-order valence-electron chi connectivity index (χ1n) is 12.8. The van der Waals surface area contributed by atoms with Crippen molar-refractivity contribution in [3.05, 3.63) is 76.4 Å². The Hall–Kier alpha value is -3.45. The van der Waals surface area contributed by atoms with Crippen LogP contribution in [0.15, 0.2) is 58.1 Å². The zero-order chi connectivity index (χ0) is 28.3. The molecule has 12 heteroatoms. The van der Waals surface area contributed by atoms with Gasteiger partial charge in [-0.2, -0.15) is 0 Å². The smallest absolute Gasteiger partial charge is 0.265 e. The van der Waals surface area contributed by atoms with Gasteiger partial charge in [0.25, 0.3) is 5.91 Å². The molecule has 1 aromatic heterocycles. The van der Waals surface area contributed by atoms with Crippen molar-refractivity contribution in [1.82, 2.24) is 4.90 Å². The molecule has 2 aliphatic rings. The molecule has 9 nitrogen and oxygen atoms in total. The second kappa shape index (κ2) is 12.0. The summed E-state index contributed by atoms with van der Waals surface area (Å²) in [6.07, 6.45) is -0.367. The predicted molar refractivity (Wildman–Crippen MR) is 149 cm³/mol. The number of hydrogen-bond acceptors (Lipinski definition) is 9. The fraction of sp³-hybridized carbons (Fsp3) is 0.321. The maximum atomic E-state index is 15.1. The summed E-state index contributed by atoms with van der Waals surface area (Å²) < 4.78 is 45.3. The summed E-state index contributed by atoms with van der Waals surface area (Å²) >= 11 is 1.02. The maximum absolute atomic E-state index is 15.1. The number of amides is 2. The van der Waals surface area contributed by atoms with E-state index in [1.165, 1.54) is 18.2 Å². The number of benzene rings is 2. The normalized spacial score (nSPS) is 16.2. The molecule has 1 N–H and O–H groups in total. The summed E-state index contributed by atoms with van der Waals surface area (Å²) in [5, 5.41) is 4.93. The number of Topliss-reactive ketones (excluding diaryl/α,β-unsaturated/α-hetero) is 1. The number of sulfone groups is 1. The van der Waals surface area contributed by atoms with Crippen LogP contribution in [0.1, 0.15) is 21.5 Å². The molecule has 0 aliphatic carbocycles. The van der Waals surface area contributed by atoms with Gasteiger partial charge in [-0.3, -0.25) is 19.3 Å². The molecular formula is C28H28FN3O6S2. The Morgan fingerprint density at radius 2 is 1.88 bits per heavy atom. The molecule has 0 saturated carbocycles. The summed E-state index contributed by atoms with van der Waals surface area (Å²) in [4.78, 5) is 41.7. The number of morpholine rings is 1. The zero-order valence-corrected chi connectivity index (χ0v) is 23.2. The van der Waals surface area contributed by atoms with E-state index in [-0.39, 0.29) is 28.3 Å². The summed E-state index contributed by atoms with van der Waals surface area (Å²) in [6.45, 7) is 4.76. The van der Waals surface area contributed by atoms with Gasteiger partial charge in [0, 0.05) is 43.9 Å². The minimum atomic E-state index is -3.76. The van der Waals surface area contributed by atoms with E-state index in [1.54, 1.807) is 29.6 Å². The van der Waals surface area contributed by atoms with Crippen LogP contribution in [0.5, 0.6) is 0 Å². The quantitative estimate of drug-likeness (QED) is 0.362. The van der Waals surface area contributed by atoms with E-state index in [0.717, 1.165) is 60.8 Å². The molecule has 2 amide bonds. The Balaban J connectivity index is 1.24.